The highest BCUT2D eigenvalue weighted by Crippen LogP contribution is 2.62. The highest BCUT2D eigenvalue weighted by molar-refractivity contribution is 6.31. The van der Waals surface area contributed by atoms with Gasteiger partial charge >= 0.3 is 11.4 Å². The summed E-state index contributed by atoms with van der Waals surface area (Å²) in [6.07, 6.45) is 1.83. The van der Waals surface area contributed by atoms with E-state index in [1.54, 1.807) is 55.5 Å². The Morgan fingerprint density at radius 1 is 0.900 bits per heavy atom. The highest BCUT2D eigenvalue weighted by atomic mass is 35.5. The molecule has 2 amide bonds. The van der Waals surface area contributed by atoms with Crippen molar-refractivity contribution >= 4 is 29.1 Å². The van der Waals surface area contributed by atoms with Crippen LogP contribution in [0.15, 0.2) is 118 Å². The van der Waals surface area contributed by atoms with Crippen molar-refractivity contribution in [3.8, 4) is 17.2 Å². The van der Waals surface area contributed by atoms with E-state index in [1.807, 2.05) is 30.3 Å². The first-order valence-electron chi connectivity index (χ1n) is 16.1. The number of fused-ring (bicyclic) bond motifs is 4. The van der Waals surface area contributed by atoms with E-state index in [2.05, 4.69) is 0 Å². The normalized spacial score (nSPS) is 22.5. The van der Waals surface area contributed by atoms with Crippen molar-refractivity contribution in [2.45, 2.75) is 38.5 Å². The van der Waals surface area contributed by atoms with Gasteiger partial charge in [-0.25, -0.2) is 32.8 Å². The Hall–Kier alpha value is -5.68. The summed E-state index contributed by atoms with van der Waals surface area (Å²) in [5.41, 5.74) is -0.173. The molecule has 0 radical (unpaired) electrons. The molecule has 1 saturated heterocycles. The van der Waals surface area contributed by atoms with Gasteiger partial charge in [-0.05, 0) is 60.9 Å². The van der Waals surface area contributed by atoms with Crippen LogP contribution in [0.5, 0.6) is 11.5 Å². The van der Waals surface area contributed by atoms with E-state index in [1.165, 1.54) is 27.6 Å². The number of aromatic hydroxyl groups is 1. The molecular formula is C38H30ClFN4O6. The molecule has 0 bridgehead atoms. The van der Waals surface area contributed by atoms with Crippen LogP contribution in [0.25, 0.3) is 5.69 Å². The molecular weight excluding hydrogens is 663 g/mol. The first kappa shape index (κ1) is 31.6. The monoisotopic (exact) mass is 692 g/mol. The molecule has 4 atom stereocenters. The fourth-order valence-electron chi connectivity index (χ4n) is 7.89. The fourth-order valence-corrected chi connectivity index (χ4v) is 8.06. The molecule has 0 unspecified atom stereocenters. The maximum atomic E-state index is 14.6. The summed E-state index contributed by atoms with van der Waals surface area (Å²) in [7, 11) is 0. The quantitative estimate of drug-likeness (QED) is 0.179. The lowest BCUT2D eigenvalue weighted by Crippen LogP contribution is -2.49. The SMILES string of the molecule is C[C@@]12C(=O)N(c3ccc(F)c(Cl)c3)C(=O)[C@@H]1C[C@@H]1C(=CCn3c(=O)n(-c4ccccc4)c(=O)n31)[C@@H]2c1ccc(OCc2ccccc2)cc1O. The summed E-state index contributed by atoms with van der Waals surface area (Å²) in [4.78, 5) is 57.8. The summed E-state index contributed by atoms with van der Waals surface area (Å²) in [5, 5.41) is 11.4. The first-order chi connectivity index (χ1) is 24.1. The van der Waals surface area contributed by atoms with Crippen LogP contribution in [-0.4, -0.2) is 30.9 Å². The van der Waals surface area contributed by atoms with Crippen LogP contribution in [0.3, 0.4) is 0 Å². The number of hydrogen-bond acceptors (Lipinski definition) is 6. The van der Waals surface area contributed by atoms with Gasteiger partial charge in [0.15, 0.2) is 0 Å². The number of carbonyl (C=O) groups is 2. The minimum Gasteiger partial charge on any atom is -0.508 e. The van der Waals surface area contributed by atoms with E-state index in [9.17, 15) is 28.7 Å². The third kappa shape index (κ3) is 4.68. The standard InChI is InChI=1S/C38H30ClFN4O6/c1-38-28(34(46)42(35(38)47)24-12-15-30(40)29(39)18-24)20-31-26(16-17-41-36(48)43(37(49)44(31)41)23-10-6-3-7-11-23)33(38)27-14-13-25(19-32(27)45)50-21-22-8-4-2-5-9-22/h2-16,18-19,28,31,33,45H,17,20-21H2,1H3/t28-,31+,33+,38+/m0/s1. The molecule has 10 nitrogen and oxygen atoms in total. The number of rotatable bonds is 6. The molecule has 50 heavy (non-hydrogen) atoms. The Labute approximate surface area is 289 Å². The number of amides is 2. The van der Waals surface area contributed by atoms with E-state index >= 15 is 0 Å². The minimum atomic E-state index is -1.45. The number of phenols is 1. The number of benzene rings is 4. The van der Waals surface area contributed by atoms with E-state index < -0.39 is 52.3 Å². The molecule has 3 aliphatic rings. The van der Waals surface area contributed by atoms with Crippen LogP contribution in [-0.2, 0) is 22.7 Å². The maximum absolute atomic E-state index is 14.6. The lowest BCUT2D eigenvalue weighted by molar-refractivity contribution is -0.129. The van der Waals surface area contributed by atoms with Gasteiger partial charge in [0.2, 0.25) is 11.8 Å². The van der Waals surface area contributed by atoms with Crippen molar-refractivity contribution < 1.29 is 23.8 Å². The number of halogens is 2. The van der Waals surface area contributed by atoms with Crippen molar-refractivity contribution in [2.75, 3.05) is 4.90 Å². The summed E-state index contributed by atoms with van der Waals surface area (Å²) in [6, 6.07) is 25.7. The Kier molecular flexibility index (Phi) is 7.41. The first-order valence-corrected chi connectivity index (χ1v) is 16.5. The van der Waals surface area contributed by atoms with E-state index in [4.69, 9.17) is 16.3 Å². The highest BCUT2D eigenvalue weighted by Gasteiger charge is 2.65. The molecule has 5 aromatic rings. The van der Waals surface area contributed by atoms with Gasteiger partial charge in [-0.1, -0.05) is 72.3 Å². The number of para-hydroxylation sites is 1. The zero-order valence-electron chi connectivity index (χ0n) is 26.7. The predicted molar refractivity (Wildman–Crippen MR) is 183 cm³/mol. The van der Waals surface area contributed by atoms with Gasteiger partial charge in [-0.2, -0.15) is 0 Å². The van der Waals surface area contributed by atoms with Crippen LogP contribution in [0.1, 0.15) is 36.4 Å². The maximum Gasteiger partial charge on any atom is 0.352 e. The average Bonchev–Trinajstić information content (AvgIpc) is 3.49. The molecule has 1 N–H and O–H groups in total. The molecule has 2 aliphatic heterocycles. The second kappa shape index (κ2) is 11.7. The number of aromatic nitrogens is 3. The molecule has 8 rings (SSSR count). The number of imide groups is 1. The summed E-state index contributed by atoms with van der Waals surface area (Å²) in [5.74, 6) is -3.48. The number of nitrogens with zero attached hydrogens (tertiary/aromatic N) is 4. The number of ether oxygens (including phenoxy) is 1. The summed E-state index contributed by atoms with van der Waals surface area (Å²) in [6.45, 7) is 1.97. The Morgan fingerprint density at radius 3 is 2.32 bits per heavy atom. The van der Waals surface area contributed by atoms with Gasteiger partial charge in [0.05, 0.1) is 40.3 Å². The Balaban J connectivity index is 1.27. The smallest absolute Gasteiger partial charge is 0.352 e. The van der Waals surface area contributed by atoms with E-state index in [0.717, 1.165) is 21.1 Å². The van der Waals surface area contributed by atoms with Gasteiger partial charge in [0.1, 0.15) is 23.9 Å². The summed E-state index contributed by atoms with van der Waals surface area (Å²) >= 11 is 6.09. The molecule has 252 valence electrons. The number of phenolic OH excluding ortho intramolecular Hbond substituents is 1. The van der Waals surface area contributed by atoms with Crippen molar-refractivity contribution in [2.24, 2.45) is 11.3 Å². The van der Waals surface area contributed by atoms with Gasteiger partial charge in [0.25, 0.3) is 0 Å². The lowest BCUT2D eigenvalue weighted by Gasteiger charge is -2.47. The van der Waals surface area contributed by atoms with Gasteiger partial charge < -0.3 is 9.84 Å². The second-order valence-electron chi connectivity index (χ2n) is 13.0. The van der Waals surface area contributed by atoms with Gasteiger partial charge in [-0.15, -0.1) is 0 Å². The van der Waals surface area contributed by atoms with Crippen molar-refractivity contribution in [1.82, 2.24) is 13.9 Å². The molecule has 1 saturated carbocycles. The molecule has 2 fully saturated rings. The van der Waals surface area contributed by atoms with Crippen LogP contribution >= 0.6 is 11.6 Å². The Bertz CT molecular complexity index is 2350. The van der Waals surface area contributed by atoms with Crippen LogP contribution in [0, 0.1) is 17.2 Å². The zero-order chi connectivity index (χ0) is 34.9. The fraction of sp³-hybridized carbons (Fsp3) is 0.211. The number of hydrogen-bond donors (Lipinski definition) is 1. The average molecular weight is 693 g/mol. The topological polar surface area (TPSA) is 116 Å². The minimum absolute atomic E-state index is 0.0199. The van der Waals surface area contributed by atoms with Gasteiger partial charge in [-0.3, -0.25) is 9.59 Å². The van der Waals surface area contributed by atoms with Crippen molar-refractivity contribution in [1.29, 1.82) is 0 Å². The molecule has 3 heterocycles. The van der Waals surface area contributed by atoms with Crippen LogP contribution in [0.4, 0.5) is 10.1 Å². The largest absolute Gasteiger partial charge is 0.508 e. The third-order valence-corrected chi connectivity index (χ3v) is 10.6. The number of allylic oxidation sites excluding steroid dienone is 2. The Morgan fingerprint density at radius 2 is 1.62 bits per heavy atom. The predicted octanol–water partition coefficient (Wildman–Crippen LogP) is 5.74. The molecule has 1 aliphatic carbocycles. The number of carbonyl (C=O) groups excluding carboxylic acids is 2. The number of anilines is 1. The molecule has 1 aromatic heterocycles. The van der Waals surface area contributed by atoms with Crippen molar-refractivity contribution in [3.05, 3.63) is 152 Å². The second-order valence-corrected chi connectivity index (χ2v) is 13.4. The third-order valence-electron chi connectivity index (χ3n) is 10.3. The van der Waals surface area contributed by atoms with E-state index in [-0.39, 0.29) is 36.0 Å². The molecule has 0 spiro atoms. The van der Waals surface area contributed by atoms with Crippen molar-refractivity contribution in [3.63, 3.8) is 0 Å². The molecule has 12 heteroatoms. The molecule has 4 aromatic carbocycles. The lowest BCUT2D eigenvalue weighted by atomic mass is 9.56. The summed E-state index contributed by atoms with van der Waals surface area (Å²) < 4.78 is 23.9. The zero-order valence-corrected chi connectivity index (χ0v) is 27.5. The van der Waals surface area contributed by atoms with E-state index in [0.29, 0.717) is 22.6 Å². The van der Waals surface area contributed by atoms with Crippen LogP contribution < -0.4 is 21.0 Å². The van der Waals surface area contributed by atoms with Crippen LogP contribution in [0.2, 0.25) is 5.02 Å². The van der Waals surface area contributed by atoms with Gasteiger partial charge in [0, 0.05) is 17.5 Å².